The summed E-state index contributed by atoms with van der Waals surface area (Å²) in [5.74, 6) is -0.143. The predicted octanol–water partition coefficient (Wildman–Crippen LogP) is 3.86. The summed E-state index contributed by atoms with van der Waals surface area (Å²) in [7, 11) is 0. The van der Waals surface area contributed by atoms with Gasteiger partial charge in [0.25, 0.3) is 0 Å². The number of hydrogen-bond donors (Lipinski definition) is 1. The average molecular weight is 359 g/mol. The number of benzene rings is 1. The number of hydrogen-bond acceptors (Lipinski definition) is 3. The fourth-order valence-corrected chi connectivity index (χ4v) is 3.03. The molecule has 0 radical (unpaired) electrons. The van der Waals surface area contributed by atoms with E-state index in [1.165, 1.54) is 11.4 Å². The highest BCUT2D eigenvalue weighted by Crippen LogP contribution is 2.16. The van der Waals surface area contributed by atoms with Crippen molar-refractivity contribution in [2.24, 2.45) is 0 Å². The summed E-state index contributed by atoms with van der Waals surface area (Å²) in [4.78, 5) is 11.2. The van der Waals surface area contributed by atoms with Crippen molar-refractivity contribution >= 4 is 5.97 Å². The number of carboxylic acids is 1. The number of aryl methyl sites for hydroxylation is 2. The fourth-order valence-electron chi connectivity index (χ4n) is 3.03. The molecule has 0 amide bonds. The Morgan fingerprint density at radius 1 is 1.15 bits per heavy atom. The number of aromatic nitrogens is 1. The van der Waals surface area contributed by atoms with Crippen molar-refractivity contribution in [2.45, 2.75) is 52.7 Å². The van der Waals surface area contributed by atoms with Gasteiger partial charge >= 0.3 is 5.97 Å². The first-order valence-corrected chi connectivity index (χ1v) is 9.26. The third kappa shape index (κ3) is 5.63. The second kappa shape index (κ2) is 10.0. The van der Waals surface area contributed by atoms with Crippen molar-refractivity contribution in [3.8, 4) is 5.75 Å². The number of nitrogens with zero attached hydrogens (tertiary/aromatic N) is 1. The molecule has 142 valence electrons. The van der Waals surface area contributed by atoms with Gasteiger partial charge in [0.2, 0.25) is 0 Å². The zero-order valence-electron chi connectivity index (χ0n) is 15.9. The van der Waals surface area contributed by atoms with Crippen LogP contribution in [0.5, 0.6) is 5.75 Å². The Balaban J connectivity index is 1.88. The molecule has 1 N–H and O–H groups in total. The Bertz CT molecular complexity index is 691. The van der Waals surface area contributed by atoms with Gasteiger partial charge in [0, 0.05) is 24.4 Å². The highest BCUT2D eigenvalue weighted by molar-refractivity contribution is 5.72. The van der Waals surface area contributed by atoms with Gasteiger partial charge in [-0.1, -0.05) is 25.5 Å². The molecule has 2 rings (SSSR count). The SMILES string of the molecule is CCCc1ccc(C)n1CCOc1ccc(CC(OCC)C(=O)O)cc1. The van der Waals surface area contributed by atoms with E-state index in [1.807, 2.05) is 24.3 Å². The van der Waals surface area contributed by atoms with E-state index in [2.05, 4.69) is 30.5 Å². The largest absolute Gasteiger partial charge is 0.492 e. The standard InChI is InChI=1S/C21H29NO4/c1-4-6-18-10-7-16(3)22(18)13-14-26-19-11-8-17(9-12-19)15-20(21(23)24)25-5-2/h7-12,20H,4-6,13-15H2,1-3H3,(H,23,24). The fraction of sp³-hybridized carbons (Fsp3) is 0.476. The van der Waals surface area contributed by atoms with Crippen molar-refractivity contribution in [1.82, 2.24) is 4.57 Å². The zero-order valence-corrected chi connectivity index (χ0v) is 15.9. The molecule has 1 heterocycles. The molecule has 0 aliphatic carbocycles. The van der Waals surface area contributed by atoms with E-state index in [1.54, 1.807) is 6.92 Å². The quantitative estimate of drug-likeness (QED) is 0.662. The van der Waals surface area contributed by atoms with E-state index in [-0.39, 0.29) is 0 Å². The highest BCUT2D eigenvalue weighted by Gasteiger charge is 2.17. The molecule has 0 saturated heterocycles. The van der Waals surface area contributed by atoms with Crippen LogP contribution in [0, 0.1) is 6.92 Å². The van der Waals surface area contributed by atoms with Crippen LogP contribution >= 0.6 is 0 Å². The summed E-state index contributed by atoms with van der Waals surface area (Å²) in [6.07, 6.45) is 1.75. The van der Waals surface area contributed by atoms with Crippen molar-refractivity contribution in [1.29, 1.82) is 0 Å². The van der Waals surface area contributed by atoms with E-state index in [9.17, 15) is 4.79 Å². The summed E-state index contributed by atoms with van der Waals surface area (Å²) < 4.78 is 13.4. The van der Waals surface area contributed by atoms with Crippen LogP contribution in [-0.4, -0.2) is 35.0 Å². The maximum atomic E-state index is 11.2. The van der Waals surface area contributed by atoms with Gasteiger partial charge in [0.15, 0.2) is 6.10 Å². The van der Waals surface area contributed by atoms with Gasteiger partial charge in [-0.3, -0.25) is 0 Å². The van der Waals surface area contributed by atoms with Gasteiger partial charge in [-0.15, -0.1) is 0 Å². The molecule has 0 fully saturated rings. The van der Waals surface area contributed by atoms with Gasteiger partial charge in [-0.25, -0.2) is 4.79 Å². The number of carbonyl (C=O) groups is 1. The first kappa shape index (κ1) is 20.0. The maximum Gasteiger partial charge on any atom is 0.333 e. The van der Waals surface area contributed by atoms with E-state index >= 15 is 0 Å². The molecule has 0 bridgehead atoms. The molecule has 5 heteroatoms. The third-order valence-electron chi connectivity index (χ3n) is 4.37. The molecule has 2 aromatic rings. The Morgan fingerprint density at radius 3 is 2.50 bits per heavy atom. The monoisotopic (exact) mass is 359 g/mol. The molecule has 1 unspecified atom stereocenters. The summed E-state index contributed by atoms with van der Waals surface area (Å²) in [5, 5.41) is 9.16. The van der Waals surface area contributed by atoms with E-state index in [4.69, 9.17) is 14.6 Å². The Kier molecular flexibility index (Phi) is 7.73. The van der Waals surface area contributed by atoms with Gasteiger partial charge in [0.1, 0.15) is 12.4 Å². The smallest absolute Gasteiger partial charge is 0.333 e. The van der Waals surface area contributed by atoms with E-state index in [0.717, 1.165) is 30.7 Å². The lowest BCUT2D eigenvalue weighted by molar-refractivity contribution is -0.149. The van der Waals surface area contributed by atoms with Crippen molar-refractivity contribution in [2.75, 3.05) is 13.2 Å². The molecule has 26 heavy (non-hydrogen) atoms. The van der Waals surface area contributed by atoms with Crippen molar-refractivity contribution in [3.05, 3.63) is 53.3 Å². The van der Waals surface area contributed by atoms with Gasteiger partial charge in [0.05, 0.1) is 6.54 Å². The molecule has 1 aromatic heterocycles. The summed E-state index contributed by atoms with van der Waals surface area (Å²) in [6.45, 7) is 7.91. The number of carboxylic acid groups (broad SMARTS) is 1. The van der Waals surface area contributed by atoms with Crippen LogP contribution in [0.3, 0.4) is 0 Å². The van der Waals surface area contributed by atoms with Crippen molar-refractivity contribution < 1.29 is 19.4 Å². The molecule has 1 atom stereocenters. The lowest BCUT2D eigenvalue weighted by atomic mass is 10.1. The Labute approximate surface area is 155 Å². The highest BCUT2D eigenvalue weighted by atomic mass is 16.5. The average Bonchev–Trinajstić information content (AvgIpc) is 2.96. The molecule has 0 spiro atoms. The van der Waals surface area contributed by atoms with E-state index in [0.29, 0.717) is 19.6 Å². The minimum Gasteiger partial charge on any atom is -0.492 e. The molecule has 0 saturated carbocycles. The maximum absolute atomic E-state index is 11.2. The number of ether oxygens (including phenoxy) is 2. The van der Waals surface area contributed by atoms with Crippen LogP contribution in [0.1, 0.15) is 37.2 Å². The van der Waals surface area contributed by atoms with Crippen LogP contribution in [0.15, 0.2) is 36.4 Å². The van der Waals surface area contributed by atoms with E-state index < -0.39 is 12.1 Å². The van der Waals surface area contributed by atoms with Gasteiger partial charge in [-0.2, -0.15) is 0 Å². The van der Waals surface area contributed by atoms with Crippen LogP contribution < -0.4 is 4.74 Å². The zero-order chi connectivity index (χ0) is 18.9. The topological polar surface area (TPSA) is 60.7 Å². The van der Waals surface area contributed by atoms with Gasteiger partial charge < -0.3 is 19.1 Å². The Hall–Kier alpha value is -2.27. The minimum atomic E-state index is -0.933. The second-order valence-corrected chi connectivity index (χ2v) is 6.35. The summed E-state index contributed by atoms with van der Waals surface area (Å²) in [6, 6.07) is 11.9. The van der Waals surface area contributed by atoms with Crippen LogP contribution in [-0.2, 0) is 28.9 Å². The number of aliphatic carboxylic acids is 1. The van der Waals surface area contributed by atoms with Crippen LogP contribution in [0.25, 0.3) is 0 Å². The lowest BCUT2D eigenvalue weighted by Gasteiger charge is -2.14. The van der Waals surface area contributed by atoms with Gasteiger partial charge in [-0.05, 0) is 50.1 Å². The lowest BCUT2D eigenvalue weighted by Crippen LogP contribution is -2.26. The molecular weight excluding hydrogens is 330 g/mol. The minimum absolute atomic E-state index is 0.354. The van der Waals surface area contributed by atoms with Crippen molar-refractivity contribution in [3.63, 3.8) is 0 Å². The summed E-state index contributed by atoms with van der Waals surface area (Å²) in [5.41, 5.74) is 3.52. The van der Waals surface area contributed by atoms with Crippen LogP contribution in [0.2, 0.25) is 0 Å². The molecule has 1 aromatic carbocycles. The molecular formula is C21H29NO4. The van der Waals surface area contributed by atoms with Crippen LogP contribution in [0.4, 0.5) is 0 Å². The summed E-state index contributed by atoms with van der Waals surface area (Å²) >= 11 is 0. The first-order valence-electron chi connectivity index (χ1n) is 9.26. The second-order valence-electron chi connectivity index (χ2n) is 6.35. The molecule has 5 nitrogen and oxygen atoms in total. The molecule has 0 aliphatic heterocycles. The first-order chi connectivity index (χ1) is 12.5. The Morgan fingerprint density at radius 2 is 1.88 bits per heavy atom. The predicted molar refractivity (Wildman–Crippen MR) is 102 cm³/mol. The third-order valence-corrected chi connectivity index (χ3v) is 4.37. The molecule has 0 aliphatic rings. The normalized spacial score (nSPS) is 12.1. The number of rotatable bonds is 11.